The Labute approximate surface area is 165 Å². The molecule has 27 heavy (non-hydrogen) atoms. The molecule has 0 spiro atoms. The SMILES string of the molecule is CC(=O)Nc1ccc(S(=O)(=O)N2CCC(Cc3ccccc3)CC2)cc1Cl. The third kappa shape index (κ3) is 4.89. The third-order valence-corrected chi connectivity index (χ3v) is 7.04. The number of carbonyl (C=O) groups excluding carboxylic acids is 1. The summed E-state index contributed by atoms with van der Waals surface area (Å²) in [5.41, 5.74) is 1.70. The van der Waals surface area contributed by atoms with Gasteiger partial charge in [0.25, 0.3) is 0 Å². The molecule has 0 aliphatic carbocycles. The number of hydrogen-bond acceptors (Lipinski definition) is 3. The van der Waals surface area contributed by atoms with E-state index in [1.165, 1.54) is 35.0 Å². The number of nitrogens with one attached hydrogen (secondary N) is 1. The lowest BCUT2D eigenvalue weighted by Gasteiger charge is -2.31. The van der Waals surface area contributed by atoms with Crippen molar-refractivity contribution >= 4 is 33.2 Å². The molecule has 144 valence electrons. The van der Waals surface area contributed by atoms with Gasteiger partial charge in [-0.3, -0.25) is 4.79 Å². The Morgan fingerprint density at radius 1 is 1.15 bits per heavy atom. The highest BCUT2D eigenvalue weighted by Gasteiger charge is 2.29. The molecule has 0 atom stereocenters. The first-order valence-electron chi connectivity index (χ1n) is 8.97. The van der Waals surface area contributed by atoms with Crippen LogP contribution in [0.1, 0.15) is 25.3 Å². The molecule has 1 N–H and O–H groups in total. The lowest BCUT2D eigenvalue weighted by molar-refractivity contribution is -0.114. The van der Waals surface area contributed by atoms with E-state index in [1.54, 1.807) is 0 Å². The Morgan fingerprint density at radius 3 is 2.41 bits per heavy atom. The zero-order valence-corrected chi connectivity index (χ0v) is 16.8. The molecule has 3 rings (SSSR count). The van der Waals surface area contributed by atoms with Gasteiger partial charge in [-0.05, 0) is 48.9 Å². The van der Waals surface area contributed by atoms with E-state index < -0.39 is 10.0 Å². The molecule has 1 saturated heterocycles. The largest absolute Gasteiger partial charge is 0.325 e. The number of hydrogen-bond donors (Lipinski definition) is 1. The van der Waals surface area contributed by atoms with E-state index in [0.717, 1.165) is 19.3 Å². The van der Waals surface area contributed by atoms with Crippen molar-refractivity contribution in [2.45, 2.75) is 31.1 Å². The molecule has 7 heteroatoms. The number of carbonyl (C=O) groups is 1. The minimum atomic E-state index is -3.59. The van der Waals surface area contributed by atoms with Crippen LogP contribution >= 0.6 is 11.6 Å². The first-order chi connectivity index (χ1) is 12.9. The summed E-state index contributed by atoms with van der Waals surface area (Å²) in [6.45, 7) is 2.39. The van der Waals surface area contributed by atoms with Gasteiger partial charge in [-0.2, -0.15) is 4.31 Å². The van der Waals surface area contributed by atoms with Crippen LogP contribution in [-0.4, -0.2) is 31.7 Å². The predicted molar refractivity (Wildman–Crippen MR) is 107 cm³/mol. The number of benzene rings is 2. The lowest BCUT2D eigenvalue weighted by Crippen LogP contribution is -2.38. The van der Waals surface area contributed by atoms with Crippen molar-refractivity contribution in [3.63, 3.8) is 0 Å². The van der Waals surface area contributed by atoms with Gasteiger partial charge in [0.05, 0.1) is 15.6 Å². The second kappa shape index (κ2) is 8.42. The van der Waals surface area contributed by atoms with Gasteiger partial charge in [-0.1, -0.05) is 41.9 Å². The molecular weight excluding hydrogens is 384 g/mol. The fourth-order valence-corrected chi connectivity index (χ4v) is 5.19. The average molecular weight is 407 g/mol. The van der Waals surface area contributed by atoms with Crippen LogP contribution in [0.25, 0.3) is 0 Å². The van der Waals surface area contributed by atoms with Crippen molar-refractivity contribution in [1.29, 1.82) is 0 Å². The Morgan fingerprint density at radius 2 is 1.81 bits per heavy atom. The summed E-state index contributed by atoms with van der Waals surface area (Å²) in [7, 11) is -3.59. The molecule has 2 aromatic carbocycles. The van der Waals surface area contributed by atoms with Gasteiger partial charge in [-0.25, -0.2) is 8.42 Å². The standard InChI is InChI=1S/C20H23ClN2O3S/c1-15(24)22-20-8-7-18(14-19(20)21)27(25,26)23-11-9-17(10-12-23)13-16-5-3-2-4-6-16/h2-8,14,17H,9-13H2,1H3,(H,22,24). The summed E-state index contributed by atoms with van der Waals surface area (Å²) in [5, 5.41) is 2.79. The molecule has 1 amide bonds. The number of halogens is 1. The smallest absolute Gasteiger partial charge is 0.243 e. The highest BCUT2D eigenvalue weighted by atomic mass is 35.5. The molecule has 1 fully saturated rings. The van der Waals surface area contributed by atoms with Crippen LogP contribution in [0.3, 0.4) is 0 Å². The van der Waals surface area contributed by atoms with Gasteiger partial charge in [0, 0.05) is 20.0 Å². The third-order valence-electron chi connectivity index (χ3n) is 4.83. The zero-order chi connectivity index (χ0) is 19.4. The monoisotopic (exact) mass is 406 g/mol. The highest BCUT2D eigenvalue weighted by Crippen LogP contribution is 2.30. The quantitative estimate of drug-likeness (QED) is 0.817. The number of piperidine rings is 1. The van der Waals surface area contributed by atoms with Gasteiger partial charge in [-0.15, -0.1) is 0 Å². The summed E-state index contributed by atoms with van der Waals surface area (Å²) in [4.78, 5) is 11.3. The van der Waals surface area contributed by atoms with Crippen LogP contribution in [0.5, 0.6) is 0 Å². The normalized spacial score (nSPS) is 16.2. The number of rotatable bonds is 5. The molecule has 1 aliphatic heterocycles. The van der Waals surface area contributed by atoms with Crippen molar-refractivity contribution in [3.05, 3.63) is 59.1 Å². The van der Waals surface area contributed by atoms with E-state index in [1.807, 2.05) is 18.2 Å². The summed E-state index contributed by atoms with van der Waals surface area (Å²) < 4.78 is 27.4. The topological polar surface area (TPSA) is 66.5 Å². The van der Waals surface area contributed by atoms with Gasteiger partial charge in [0.1, 0.15) is 0 Å². The van der Waals surface area contributed by atoms with Crippen LogP contribution in [-0.2, 0) is 21.2 Å². The molecule has 0 saturated carbocycles. The Balaban J connectivity index is 1.66. The van der Waals surface area contributed by atoms with E-state index >= 15 is 0 Å². The maximum Gasteiger partial charge on any atom is 0.243 e. The zero-order valence-electron chi connectivity index (χ0n) is 15.2. The van der Waals surface area contributed by atoms with Gasteiger partial charge in [0.15, 0.2) is 0 Å². The summed E-state index contributed by atoms with van der Waals surface area (Å²) in [6, 6.07) is 14.7. The lowest BCUT2D eigenvalue weighted by atomic mass is 9.91. The summed E-state index contributed by atoms with van der Waals surface area (Å²) in [5.74, 6) is 0.234. The first kappa shape index (κ1) is 19.9. The van der Waals surface area contributed by atoms with Crippen LogP contribution in [0.4, 0.5) is 5.69 Å². The predicted octanol–water partition coefficient (Wildman–Crippen LogP) is 3.94. The van der Waals surface area contributed by atoms with Crippen LogP contribution in [0.15, 0.2) is 53.4 Å². The second-order valence-electron chi connectivity index (χ2n) is 6.86. The van der Waals surface area contributed by atoms with Crippen LogP contribution in [0, 0.1) is 5.92 Å². The van der Waals surface area contributed by atoms with Gasteiger partial charge in [0.2, 0.25) is 15.9 Å². The molecule has 5 nitrogen and oxygen atoms in total. The molecule has 1 heterocycles. The van der Waals surface area contributed by atoms with E-state index in [4.69, 9.17) is 11.6 Å². The fraction of sp³-hybridized carbons (Fsp3) is 0.350. The molecule has 1 aliphatic rings. The molecule has 0 bridgehead atoms. The Hall–Kier alpha value is -1.89. The van der Waals surface area contributed by atoms with Gasteiger partial charge < -0.3 is 5.32 Å². The maximum absolute atomic E-state index is 12.9. The maximum atomic E-state index is 12.9. The molecular formula is C20H23ClN2O3S. The fourth-order valence-electron chi connectivity index (χ4n) is 3.40. The number of amides is 1. The van der Waals surface area contributed by atoms with Crippen LogP contribution in [0.2, 0.25) is 5.02 Å². The van der Waals surface area contributed by atoms with Gasteiger partial charge >= 0.3 is 0 Å². The summed E-state index contributed by atoms with van der Waals surface area (Å²) in [6.07, 6.45) is 2.66. The van der Waals surface area contributed by atoms with E-state index in [9.17, 15) is 13.2 Å². The second-order valence-corrected chi connectivity index (χ2v) is 9.21. The number of sulfonamides is 1. The number of nitrogens with zero attached hydrogens (tertiary/aromatic N) is 1. The van der Waals surface area contributed by atoms with Crippen molar-refractivity contribution in [2.75, 3.05) is 18.4 Å². The van der Waals surface area contributed by atoms with E-state index in [0.29, 0.717) is 24.7 Å². The minimum absolute atomic E-state index is 0.156. The average Bonchev–Trinajstić information content (AvgIpc) is 2.64. The van der Waals surface area contributed by atoms with Crippen molar-refractivity contribution in [1.82, 2.24) is 4.31 Å². The number of anilines is 1. The summed E-state index contributed by atoms with van der Waals surface area (Å²) >= 11 is 6.13. The Kier molecular flexibility index (Phi) is 6.19. The highest BCUT2D eigenvalue weighted by molar-refractivity contribution is 7.89. The van der Waals surface area contributed by atoms with Crippen molar-refractivity contribution < 1.29 is 13.2 Å². The van der Waals surface area contributed by atoms with E-state index in [2.05, 4.69) is 17.4 Å². The van der Waals surface area contributed by atoms with Crippen LogP contribution < -0.4 is 5.32 Å². The molecule has 0 aromatic heterocycles. The van der Waals surface area contributed by atoms with E-state index in [-0.39, 0.29) is 15.8 Å². The Bertz CT molecular complexity index is 908. The molecule has 0 radical (unpaired) electrons. The molecule has 0 unspecified atom stereocenters. The van der Waals surface area contributed by atoms with Crippen molar-refractivity contribution in [2.24, 2.45) is 5.92 Å². The van der Waals surface area contributed by atoms with Crippen molar-refractivity contribution in [3.8, 4) is 0 Å². The molecule has 2 aromatic rings. The first-order valence-corrected chi connectivity index (χ1v) is 10.8. The minimum Gasteiger partial charge on any atom is -0.325 e.